The van der Waals surface area contributed by atoms with E-state index in [0.29, 0.717) is 24.8 Å². The van der Waals surface area contributed by atoms with Crippen molar-refractivity contribution in [2.24, 2.45) is 0 Å². The lowest BCUT2D eigenvalue weighted by atomic mass is 9.96. The third-order valence-electron chi connectivity index (χ3n) is 3.61. The minimum absolute atomic E-state index is 0.0896. The number of hydrogen-bond acceptors (Lipinski definition) is 5. The Balaban J connectivity index is 2.35. The summed E-state index contributed by atoms with van der Waals surface area (Å²) in [5.41, 5.74) is -0.886. The van der Waals surface area contributed by atoms with Gasteiger partial charge in [-0.1, -0.05) is 12.8 Å². The van der Waals surface area contributed by atoms with Crippen molar-refractivity contribution < 1.29 is 19.6 Å². The smallest absolute Gasteiger partial charge is 0.329 e. The zero-order chi connectivity index (χ0) is 14.8. The van der Waals surface area contributed by atoms with Crippen LogP contribution in [0.15, 0.2) is 18.2 Å². The molecule has 1 aromatic rings. The lowest BCUT2D eigenvalue weighted by Crippen LogP contribution is -2.43. The number of carboxylic acids is 1. The quantitative estimate of drug-likeness (QED) is 0.485. The largest absolute Gasteiger partial charge is 0.480 e. The summed E-state index contributed by atoms with van der Waals surface area (Å²) < 4.78 is 0. The van der Waals surface area contributed by atoms with Crippen molar-refractivity contribution in [3.05, 3.63) is 33.9 Å². The van der Waals surface area contributed by atoms with E-state index in [1.807, 2.05) is 0 Å². The number of nitrogens with zero attached hydrogens (tertiary/aromatic N) is 1. The standard InChI is InChI=1S/C13H14N2O5/c16-8-9-7-10(15(19)20)3-4-11(9)14-13(12(17)18)5-1-2-6-13/h3-4,7-8,14H,1-2,5-6H2,(H,17,18). The second-order valence-electron chi connectivity index (χ2n) is 4.87. The van der Waals surface area contributed by atoms with Gasteiger partial charge in [-0.05, 0) is 18.9 Å². The average molecular weight is 278 g/mol. The van der Waals surface area contributed by atoms with Gasteiger partial charge in [-0.3, -0.25) is 14.9 Å². The Morgan fingerprint density at radius 2 is 2.05 bits per heavy atom. The topological polar surface area (TPSA) is 110 Å². The van der Waals surface area contributed by atoms with Gasteiger partial charge in [-0.15, -0.1) is 0 Å². The lowest BCUT2D eigenvalue weighted by molar-refractivity contribution is -0.384. The van der Waals surface area contributed by atoms with E-state index in [1.54, 1.807) is 0 Å². The van der Waals surface area contributed by atoms with Crippen LogP contribution >= 0.6 is 0 Å². The van der Waals surface area contributed by atoms with E-state index in [2.05, 4.69) is 5.32 Å². The van der Waals surface area contributed by atoms with Gasteiger partial charge >= 0.3 is 5.97 Å². The van der Waals surface area contributed by atoms with Crippen molar-refractivity contribution in [3.63, 3.8) is 0 Å². The van der Waals surface area contributed by atoms with Crippen molar-refractivity contribution >= 4 is 23.6 Å². The highest BCUT2D eigenvalue weighted by Crippen LogP contribution is 2.34. The number of nitro benzene ring substituents is 1. The van der Waals surface area contributed by atoms with Crippen LogP contribution < -0.4 is 5.32 Å². The second kappa shape index (κ2) is 5.28. The number of hydrogen-bond donors (Lipinski definition) is 2. The number of nitrogens with one attached hydrogen (secondary N) is 1. The molecule has 1 saturated carbocycles. The molecule has 0 aliphatic heterocycles. The number of carbonyl (C=O) groups excluding carboxylic acids is 1. The molecule has 0 saturated heterocycles. The van der Waals surface area contributed by atoms with Crippen LogP contribution in [0.5, 0.6) is 0 Å². The van der Waals surface area contributed by atoms with Crippen LogP contribution in [-0.2, 0) is 4.79 Å². The van der Waals surface area contributed by atoms with Crippen LogP contribution in [-0.4, -0.2) is 27.8 Å². The highest BCUT2D eigenvalue weighted by molar-refractivity contribution is 5.89. The molecule has 1 aromatic carbocycles. The molecule has 0 heterocycles. The molecule has 2 rings (SSSR count). The van der Waals surface area contributed by atoms with Crippen LogP contribution in [0.3, 0.4) is 0 Å². The molecule has 1 fully saturated rings. The van der Waals surface area contributed by atoms with Gasteiger partial charge in [0.05, 0.1) is 4.92 Å². The molecule has 7 nitrogen and oxygen atoms in total. The Morgan fingerprint density at radius 1 is 1.40 bits per heavy atom. The minimum Gasteiger partial charge on any atom is -0.480 e. The maximum Gasteiger partial charge on any atom is 0.329 e. The van der Waals surface area contributed by atoms with Gasteiger partial charge < -0.3 is 10.4 Å². The number of carbonyl (C=O) groups is 2. The van der Waals surface area contributed by atoms with E-state index in [4.69, 9.17) is 0 Å². The van der Waals surface area contributed by atoms with Gasteiger partial charge in [0.1, 0.15) is 5.54 Å². The normalized spacial score (nSPS) is 16.6. The van der Waals surface area contributed by atoms with Crippen LogP contribution in [0.4, 0.5) is 11.4 Å². The number of non-ortho nitro benzene ring substituents is 1. The Labute approximate surface area is 114 Å². The Morgan fingerprint density at radius 3 is 2.55 bits per heavy atom. The fraction of sp³-hybridized carbons (Fsp3) is 0.385. The summed E-state index contributed by atoms with van der Waals surface area (Å²) in [6.45, 7) is 0. The summed E-state index contributed by atoms with van der Waals surface area (Å²) in [7, 11) is 0. The van der Waals surface area contributed by atoms with Gasteiger partial charge in [0, 0.05) is 23.4 Å². The minimum atomic E-state index is -1.09. The maximum atomic E-state index is 11.4. The molecule has 1 aliphatic rings. The number of nitro groups is 1. The summed E-state index contributed by atoms with van der Waals surface area (Å²) >= 11 is 0. The average Bonchev–Trinajstić information content (AvgIpc) is 2.89. The van der Waals surface area contributed by atoms with E-state index in [0.717, 1.165) is 18.9 Å². The molecule has 7 heteroatoms. The Hall–Kier alpha value is -2.44. The maximum absolute atomic E-state index is 11.4. The summed E-state index contributed by atoms with van der Waals surface area (Å²) in [5.74, 6) is -0.967. The fourth-order valence-electron chi connectivity index (χ4n) is 2.50. The van der Waals surface area contributed by atoms with Gasteiger partial charge in [-0.2, -0.15) is 0 Å². The number of benzene rings is 1. The first-order chi connectivity index (χ1) is 9.48. The molecule has 0 aromatic heterocycles. The molecule has 0 spiro atoms. The summed E-state index contributed by atoms with van der Waals surface area (Å²) in [6, 6.07) is 3.77. The number of carboxylic acid groups (broad SMARTS) is 1. The lowest BCUT2D eigenvalue weighted by Gasteiger charge is -2.27. The van der Waals surface area contributed by atoms with Crippen molar-refractivity contribution in [3.8, 4) is 0 Å². The first-order valence-corrected chi connectivity index (χ1v) is 6.24. The van der Waals surface area contributed by atoms with Gasteiger partial charge in [-0.25, -0.2) is 4.79 Å². The van der Waals surface area contributed by atoms with E-state index in [-0.39, 0.29) is 11.3 Å². The van der Waals surface area contributed by atoms with E-state index >= 15 is 0 Å². The Bertz CT molecular complexity index is 564. The van der Waals surface area contributed by atoms with Crippen LogP contribution in [0.1, 0.15) is 36.0 Å². The summed E-state index contributed by atoms with van der Waals surface area (Å²) in [6.07, 6.45) is 3.01. The Kier molecular flexibility index (Phi) is 3.69. The predicted octanol–water partition coefficient (Wildman–Crippen LogP) is 2.22. The number of aldehydes is 1. The van der Waals surface area contributed by atoms with Crippen LogP contribution in [0, 0.1) is 10.1 Å². The van der Waals surface area contributed by atoms with Crippen molar-refractivity contribution in [2.75, 3.05) is 5.32 Å². The molecule has 1 aliphatic carbocycles. The highest BCUT2D eigenvalue weighted by Gasteiger charge is 2.41. The summed E-state index contributed by atoms with van der Waals surface area (Å²) in [5, 5.41) is 22.9. The molecule has 0 atom stereocenters. The molecule has 2 N–H and O–H groups in total. The highest BCUT2D eigenvalue weighted by atomic mass is 16.6. The predicted molar refractivity (Wildman–Crippen MR) is 70.9 cm³/mol. The molecule has 106 valence electrons. The van der Waals surface area contributed by atoms with Gasteiger partial charge in [0.2, 0.25) is 0 Å². The molecule has 20 heavy (non-hydrogen) atoms. The molecule has 0 bridgehead atoms. The van der Waals surface area contributed by atoms with Crippen LogP contribution in [0.2, 0.25) is 0 Å². The third-order valence-corrected chi connectivity index (χ3v) is 3.61. The molecule has 0 radical (unpaired) electrons. The molecular formula is C13H14N2O5. The monoisotopic (exact) mass is 278 g/mol. The zero-order valence-corrected chi connectivity index (χ0v) is 10.7. The van der Waals surface area contributed by atoms with Crippen molar-refractivity contribution in [2.45, 2.75) is 31.2 Å². The molecule has 0 unspecified atom stereocenters. The number of aliphatic carboxylic acids is 1. The molecule has 0 amide bonds. The SMILES string of the molecule is O=Cc1cc([N+](=O)[O-])ccc1NC1(C(=O)O)CCCC1. The third kappa shape index (κ3) is 2.47. The van der Waals surface area contributed by atoms with E-state index in [9.17, 15) is 24.8 Å². The molecular weight excluding hydrogens is 264 g/mol. The zero-order valence-electron chi connectivity index (χ0n) is 10.7. The van der Waals surface area contributed by atoms with Gasteiger partial charge in [0.15, 0.2) is 6.29 Å². The first-order valence-electron chi connectivity index (χ1n) is 6.24. The second-order valence-corrected chi connectivity index (χ2v) is 4.87. The van der Waals surface area contributed by atoms with E-state index < -0.39 is 16.4 Å². The van der Waals surface area contributed by atoms with Crippen molar-refractivity contribution in [1.82, 2.24) is 0 Å². The van der Waals surface area contributed by atoms with Gasteiger partial charge in [0.25, 0.3) is 5.69 Å². The summed E-state index contributed by atoms with van der Waals surface area (Å²) in [4.78, 5) is 32.6. The van der Waals surface area contributed by atoms with Crippen molar-refractivity contribution in [1.29, 1.82) is 0 Å². The number of anilines is 1. The number of rotatable bonds is 5. The van der Waals surface area contributed by atoms with Crippen LogP contribution in [0.25, 0.3) is 0 Å². The van der Waals surface area contributed by atoms with E-state index in [1.165, 1.54) is 12.1 Å². The first kappa shape index (κ1) is 14.0. The fourth-order valence-corrected chi connectivity index (χ4v) is 2.50.